The highest BCUT2D eigenvalue weighted by atomic mass is 16.5. The summed E-state index contributed by atoms with van der Waals surface area (Å²) < 4.78 is 5.46. The largest absolute Gasteiger partial charge is 0.496 e. The first-order valence-corrected chi connectivity index (χ1v) is 6.91. The number of ether oxygens (including phenoxy) is 1. The fraction of sp³-hybridized carbons (Fsp3) is 0.375. The summed E-state index contributed by atoms with van der Waals surface area (Å²) in [5.41, 5.74) is 2.91. The van der Waals surface area contributed by atoms with Crippen molar-refractivity contribution in [2.75, 3.05) is 13.7 Å². The minimum absolute atomic E-state index is 0.000741. The van der Waals surface area contributed by atoms with Crippen LogP contribution in [-0.4, -0.2) is 23.6 Å². The molecule has 0 saturated heterocycles. The molecule has 0 radical (unpaired) electrons. The molecule has 0 saturated carbocycles. The van der Waals surface area contributed by atoms with Gasteiger partial charge in [-0.2, -0.15) is 0 Å². The van der Waals surface area contributed by atoms with Gasteiger partial charge < -0.3 is 10.1 Å². The van der Waals surface area contributed by atoms with Crippen LogP contribution in [-0.2, 0) is 0 Å². The number of methoxy groups -OCH3 is 1. The molecule has 0 aliphatic heterocycles. The molecule has 1 aromatic heterocycles. The number of aromatic nitrogens is 2. The Balaban J connectivity index is 2.38. The van der Waals surface area contributed by atoms with Gasteiger partial charge >= 0.3 is 0 Å². The van der Waals surface area contributed by atoms with Crippen LogP contribution in [0.3, 0.4) is 0 Å². The quantitative estimate of drug-likeness (QED) is 0.877. The van der Waals surface area contributed by atoms with Gasteiger partial charge in [0.05, 0.1) is 30.7 Å². The van der Waals surface area contributed by atoms with Crippen molar-refractivity contribution < 1.29 is 4.74 Å². The van der Waals surface area contributed by atoms with Crippen LogP contribution in [0.15, 0.2) is 36.7 Å². The van der Waals surface area contributed by atoms with E-state index in [2.05, 4.69) is 28.3 Å². The van der Waals surface area contributed by atoms with E-state index >= 15 is 0 Å². The molecule has 0 bridgehead atoms. The van der Waals surface area contributed by atoms with Gasteiger partial charge in [0.1, 0.15) is 5.75 Å². The minimum atomic E-state index is -0.000741. The number of aryl methyl sites for hydroxylation is 1. The Morgan fingerprint density at radius 1 is 1.20 bits per heavy atom. The molecule has 20 heavy (non-hydrogen) atoms. The molecule has 0 aliphatic rings. The number of hydrogen-bond acceptors (Lipinski definition) is 4. The maximum atomic E-state index is 5.46. The lowest BCUT2D eigenvalue weighted by atomic mass is 10.0. The Labute approximate surface area is 120 Å². The maximum absolute atomic E-state index is 5.46. The highest BCUT2D eigenvalue weighted by Gasteiger charge is 2.18. The third kappa shape index (κ3) is 3.33. The van der Waals surface area contributed by atoms with Gasteiger partial charge in [0.25, 0.3) is 0 Å². The Morgan fingerprint density at radius 2 is 2.00 bits per heavy atom. The lowest BCUT2D eigenvalue weighted by molar-refractivity contribution is 0.403. The van der Waals surface area contributed by atoms with E-state index in [0.29, 0.717) is 0 Å². The summed E-state index contributed by atoms with van der Waals surface area (Å²) in [4.78, 5) is 8.85. The van der Waals surface area contributed by atoms with Gasteiger partial charge in [0.15, 0.2) is 0 Å². The SMILES string of the molecule is CCCNC(c1cnc(C)cn1)c1ccccc1OC. The smallest absolute Gasteiger partial charge is 0.124 e. The lowest BCUT2D eigenvalue weighted by Gasteiger charge is -2.20. The fourth-order valence-corrected chi connectivity index (χ4v) is 2.12. The third-order valence-electron chi connectivity index (χ3n) is 3.15. The van der Waals surface area contributed by atoms with Crippen molar-refractivity contribution in [1.29, 1.82) is 0 Å². The van der Waals surface area contributed by atoms with Crippen LogP contribution in [0.4, 0.5) is 0 Å². The van der Waals surface area contributed by atoms with Crippen LogP contribution >= 0.6 is 0 Å². The number of benzene rings is 1. The average Bonchev–Trinajstić information content (AvgIpc) is 2.50. The van der Waals surface area contributed by atoms with Crippen molar-refractivity contribution >= 4 is 0 Å². The van der Waals surface area contributed by atoms with E-state index in [-0.39, 0.29) is 6.04 Å². The van der Waals surface area contributed by atoms with Crippen LogP contribution in [0.5, 0.6) is 5.75 Å². The Morgan fingerprint density at radius 3 is 2.65 bits per heavy atom. The van der Waals surface area contributed by atoms with E-state index in [0.717, 1.165) is 35.7 Å². The van der Waals surface area contributed by atoms with Crippen LogP contribution in [0.25, 0.3) is 0 Å². The molecule has 4 nitrogen and oxygen atoms in total. The molecule has 1 unspecified atom stereocenters. The summed E-state index contributed by atoms with van der Waals surface area (Å²) in [6.45, 7) is 5.00. The van der Waals surface area contributed by atoms with Gasteiger partial charge in [-0.15, -0.1) is 0 Å². The van der Waals surface area contributed by atoms with Crippen molar-refractivity contribution in [2.24, 2.45) is 0 Å². The van der Waals surface area contributed by atoms with Gasteiger partial charge in [-0.1, -0.05) is 25.1 Å². The van der Waals surface area contributed by atoms with E-state index < -0.39 is 0 Å². The molecule has 106 valence electrons. The highest BCUT2D eigenvalue weighted by molar-refractivity contribution is 5.39. The zero-order valence-electron chi connectivity index (χ0n) is 12.3. The number of hydrogen-bond donors (Lipinski definition) is 1. The topological polar surface area (TPSA) is 47.0 Å². The van der Waals surface area contributed by atoms with Gasteiger partial charge in [-0.3, -0.25) is 9.97 Å². The number of nitrogens with one attached hydrogen (secondary N) is 1. The molecule has 0 aliphatic carbocycles. The standard InChI is InChI=1S/C16H21N3O/c1-4-9-17-16(14-11-18-12(2)10-19-14)13-7-5-6-8-15(13)20-3/h5-8,10-11,16-17H,4,9H2,1-3H3. The van der Waals surface area contributed by atoms with E-state index in [1.54, 1.807) is 13.3 Å². The predicted molar refractivity (Wildman–Crippen MR) is 79.9 cm³/mol. The first-order chi connectivity index (χ1) is 9.76. The third-order valence-corrected chi connectivity index (χ3v) is 3.15. The molecule has 1 aromatic carbocycles. The maximum Gasteiger partial charge on any atom is 0.124 e. The first-order valence-electron chi connectivity index (χ1n) is 6.91. The van der Waals surface area contributed by atoms with Gasteiger partial charge in [-0.25, -0.2) is 0 Å². The van der Waals surface area contributed by atoms with Crippen molar-refractivity contribution in [2.45, 2.75) is 26.3 Å². The summed E-state index contributed by atoms with van der Waals surface area (Å²) >= 11 is 0. The van der Waals surface area contributed by atoms with Crippen LogP contribution < -0.4 is 10.1 Å². The first kappa shape index (κ1) is 14.5. The van der Waals surface area contributed by atoms with Gasteiger partial charge in [0.2, 0.25) is 0 Å². The Bertz CT molecular complexity index is 540. The molecular formula is C16H21N3O. The van der Waals surface area contributed by atoms with Gasteiger partial charge in [-0.05, 0) is 26.0 Å². The second-order valence-electron chi connectivity index (χ2n) is 4.71. The molecule has 0 spiro atoms. The molecule has 1 atom stereocenters. The van der Waals surface area contributed by atoms with Crippen molar-refractivity contribution in [3.05, 3.63) is 53.6 Å². The van der Waals surface area contributed by atoms with Crippen molar-refractivity contribution in [3.63, 3.8) is 0 Å². The molecule has 0 fully saturated rings. The number of nitrogens with zero attached hydrogens (tertiary/aromatic N) is 2. The molecule has 2 rings (SSSR count). The van der Waals surface area contributed by atoms with E-state index in [9.17, 15) is 0 Å². The zero-order valence-corrected chi connectivity index (χ0v) is 12.3. The fourth-order valence-electron chi connectivity index (χ4n) is 2.12. The lowest BCUT2D eigenvalue weighted by Crippen LogP contribution is -2.24. The minimum Gasteiger partial charge on any atom is -0.496 e. The van der Waals surface area contributed by atoms with E-state index in [4.69, 9.17) is 4.74 Å². The summed E-state index contributed by atoms with van der Waals surface area (Å²) in [6, 6.07) is 8.02. The molecular weight excluding hydrogens is 250 g/mol. The van der Waals surface area contributed by atoms with Crippen molar-refractivity contribution in [1.82, 2.24) is 15.3 Å². The second kappa shape index (κ2) is 7.01. The monoisotopic (exact) mass is 271 g/mol. The molecule has 1 heterocycles. The zero-order chi connectivity index (χ0) is 14.4. The molecule has 0 amide bonds. The van der Waals surface area contributed by atoms with Crippen molar-refractivity contribution in [3.8, 4) is 5.75 Å². The molecule has 4 heteroatoms. The summed E-state index contributed by atoms with van der Waals surface area (Å²) in [5, 5.41) is 3.51. The highest BCUT2D eigenvalue weighted by Crippen LogP contribution is 2.28. The number of rotatable bonds is 6. The Hall–Kier alpha value is -1.94. The summed E-state index contributed by atoms with van der Waals surface area (Å²) in [5.74, 6) is 0.864. The van der Waals surface area contributed by atoms with E-state index in [1.807, 2.05) is 31.3 Å². The normalized spacial score (nSPS) is 12.2. The van der Waals surface area contributed by atoms with Crippen LogP contribution in [0.1, 0.15) is 36.3 Å². The van der Waals surface area contributed by atoms with Crippen LogP contribution in [0.2, 0.25) is 0 Å². The Kier molecular flexibility index (Phi) is 5.07. The molecule has 1 N–H and O–H groups in total. The predicted octanol–water partition coefficient (Wildman–Crippen LogP) is 2.88. The van der Waals surface area contributed by atoms with Gasteiger partial charge in [0, 0.05) is 11.8 Å². The summed E-state index contributed by atoms with van der Waals surface area (Å²) in [7, 11) is 1.69. The number of para-hydroxylation sites is 1. The second-order valence-corrected chi connectivity index (χ2v) is 4.71. The van der Waals surface area contributed by atoms with E-state index in [1.165, 1.54) is 0 Å². The van der Waals surface area contributed by atoms with Crippen LogP contribution in [0, 0.1) is 6.92 Å². The average molecular weight is 271 g/mol. The molecule has 2 aromatic rings. The summed E-state index contributed by atoms with van der Waals surface area (Å²) in [6.07, 6.45) is 4.69.